The van der Waals surface area contributed by atoms with Gasteiger partial charge in [0.05, 0.1) is 4.88 Å². The zero-order chi connectivity index (χ0) is 11.5. The van der Waals surface area contributed by atoms with Gasteiger partial charge >= 0.3 is 0 Å². The minimum absolute atomic E-state index is 0.0552. The van der Waals surface area contributed by atoms with Crippen molar-refractivity contribution in [2.45, 2.75) is 6.92 Å². The predicted molar refractivity (Wildman–Crippen MR) is 71.2 cm³/mol. The lowest BCUT2D eigenvalue weighted by molar-refractivity contribution is 0.103. The smallest absolute Gasteiger partial charge is 0.265 e. The van der Waals surface area contributed by atoms with Gasteiger partial charge in [0.25, 0.3) is 5.91 Å². The van der Waals surface area contributed by atoms with Gasteiger partial charge in [0, 0.05) is 10.2 Å². The highest BCUT2D eigenvalue weighted by Crippen LogP contribution is 2.21. The fourth-order valence-electron chi connectivity index (χ4n) is 1.36. The van der Waals surface area contributed by atoms with Crippen LogP contribution < -0.4 is 5.32 Å². The van der Waals surface area contributed by atoms with Crippen LogP contribution in [0.2, 0.25) is 0 Å². The average Bonchev–Trinajstić information content (AvgIpc) is 2.75. The second kappa shape index (κ2) is 4.80. The molecule has 0 saturated heterocycles. The standard InChI is InChI=1S/C12H10BrNOS/c1-8-7-9(13)4-5-10(8)14-12(15)11-3-2-6-16-11/h2-7H,1H3,(H,14,15). The van der Waals surface area contributed by atoms with Crippen LogP contribution in [-0.2, 0) is 0 Å². The Hall–Kier alpha value is -1.13. The molecule has 1 N–H and O–H groups in total. The van der Waals surface area contributed by atoms with E-state index < -0.39 is 0 Å². The summed E-state index contributed by atoms with van der Waals surface area (Å²) in [6.45, 7) is 1.97. The highest BCUT2D eigenvalue weighted by Gasteiger charge is 2.08. The summed E-state index contributed by atoms with van der Waals surface area (Å²) in [7, 11) is 0. The number of amides is 1. The molecular weight excluding hydrogens is 286 g/mol. The van der Waals surface area contributed by atoms with E-state index in [1.807, 2.05) is 42.6 Å². The second-order valence-electron chi connectivity index (χ2n) is 3.39. The first-order chi connectivity index (χ1) is 7.66. The van der Waals surface area contributed by atoms with E-state index in [0.717, 1.165) is 20.6 Å². The number of hydrogen-bond acceptors (Lipinski definition) is 2. The van der Waals surface area contributed by atoms with Gasteiger partial charge in [-0.3, -0.25) is 4.79 Å². The first-order valence-corrected chi connectivity index (χ1v) is 6.45. The lowest BCUT2D eigenvalue weighted by atomic mass is 10.2. The topological polar surface area (TPSA) is 29.1 Å². The Labute approximate surface area is 106 Å². The number of rotatable bonds is 2. The Morgan fingerprint density at radius 1 is 1.38 bits per heavy atom. The van der Waals surface area contributed by atoms with E-state index in [-0.39, 0.29) is 5.91 Å². The summed E-state index contributed by atoms with van der Waals surface area (Å²) >= 11 is 4.83. The summed E-state index contributed by atoms with van der Waals surface area (Å²) in [5.41, 5.74) is 1.89. The molecule has 2 rings (SSSR count). The summed E-state index contributed by atoms with van der Waals surface area (Å²) < 4.78 is 1.01. The van der Waals surface area contributed by atoms with Gasteiger partial charge < -0.3 is 5.32 Å². The van der Waals surface area contributed by atoms with Crippen molar-refractivity contribution >= 4 is 38.9 Å². The van der Waals surface area contributed by atoms with Crippen molar-refractivity contribution in [3.05, 3.63) is 50.6 Å². The Morgan fingerprint density at radius 3 is 2.81 bits per heavy atom. The Balaban J connectivity index is 2.18. The summed E-state index contributed by atoms with van der Waals surface area (Å²) in [4.78, 5) is 12.5. The number of carbonyl (C=O) groups excluding carboxylic acids is 1. The molecule has 1 heterocycles. The van der Waals surface area contributed by atoms with Crippen molar-refractivity contribution in [3.63, 3.8) is 0 Å². The molecule has 1 aromatic carbocycles. The van der Waals surface area contributed by atoms with Crippen LogP contribution in [-0.4, -0.2) is 5.91 Å². The molecule has 0 aliphatic heterocycles. The second-order valence-corrected chi connectivity index (χ2v) is 5.25. The molecule has 2 nitrogen and oxygen atoms in total. The summed E-state index contributed by atoms with van der Waals surface area (Å²) in [6.07, 6.45) is 0. The van der Waals surface area contributed by atoms with Crippen LogP contribution in [0.25, 0.3) is 0 Å². The Kier molecular flexibility index (Phi) is 3.41. The maximum Gasteiger partial charge on any atom is 0.265 e. The van der Waals surface area contributed by atoms with Gasteiger partial charge in [0.2, 0.25) is 0 Å². The quantitative estimate of drug-likeness (QED) is 0.889. The lowest BCUT2D eigenvalue weighted by Crippen LogP contribution is -2.10. The van der Waals surface area contributed by atoms with Crippen molar-refractivity contribution < 1.29 is 4.79 Å². The van der Waals surface area contributed by atoms with Gasteiger partial charge in [-0.05, 0) is 42.1 Å². The van der Waals surface area contributed by atoms with E-state index in [1.165, 1.54) is 11.3 Å². The van der Waals surface area contributed by atoms with Gasteiger partial charge in [-0.2, -0.15) is 0 Å². The zero-order valence-corrected chi connectivity index (χ0v) is 11.1. The number of aryl methyl sites for hydroxylation is 1. The van der Waals surface area contributed by atoms with Crippen molar-refractivity contribution in [1.82, 2.24) is 0 Å². The van der Waals surface area contributed by atoms with E-state index in [1.54, 1.807) is 0 Å². The van der Waals surface area contributed by atoms with Crippen molar-refractivity contribution in [2.24, 2.45) is 0 Å². The van der Waals surface area contributed by atoms with Crippen molar-refractivity contribution in [2.75, 3.05) is 5.32 Å². The molecular formula is C12H10BrNOS. The number of nitrogens with one attached hydrogen (secondary N) is 1. The molecule has 0 atom stereocenters. The van der Waals surface area contributed by atoms with Crippen LogP contribution in [0, 0.1) is 6.92 Å². The van der Waals surface area contributed by atoms with Crippen LogP contribution in [0.3, 0.4) is 0 Å². The number of anilines is 1. The first-order valence-electron chi connectivity index (χ1n) is 4.78. The molecule has 1 aromatic heterocycles. The lowest BCUT2D eigenvalue weighted by Gasteiger charge is -2.07. The summed E-state index contributed by atoms with van der Waals surface area (Å²) in [6, 6.07) is 9.47. The first kappa shape index (κ1) is 11.4. The Morgan fingerprint density at radius 2 is 2.19 bits per heavy atom. The third kappa shape index (κ3) is 2.51. The van der Waals surface area contributed by atoms with Gasteiger partial charge in [-0.15, -0.1) is 11.3 Å². The molecule has 0 radical (unpaired) electrons. The maximum absolute atomic E-state index is 11.8. The molecule has 0 aliphatic carbocycles. The number of benzene rings is 1. The summed E-state index contributed by atoms with van der Waals surface area (Å²) in [5.74, 6) is -0.0552. The third-order valence-corrected chi connectivity index (χ3v) is 3.54. The average molecular weight is 296 g/mol. The van der Waals surface area contributed by atoms with E-state index in [4.69, 9.17) is 0 Å². The molecule has 2 aromatic rings. The fourth-order valence-corrected chi connectivity index (χ4v) is 2.45. The fraction of sp³-hybridized carbons (Fsp3) is 0.0833. The van der Waals surface area contributed by atoms with Crippen molar-refractivity contribution in [3.8, 4) is 0 Å². The SMILES string of the molecule is Cc1cc(Br)ccc1NC(=O)c1cccs1. The summed E-state index contributed by atoms with van der Waals surface area (Å²) in [5, 5.41) is 4.78. The largest absolute Gasteiger partial charge is 0.321 e. The minimum atomic E-state index is -0.0552. The predicted octanol–water partition coefficient (Wildman–Crippen LogP) is 4.07. The molecule has 0 saturated carbocycles. The van der Waals surface area contributed by atoms with E-state index in [2.05, 4.69) is 21.2 Å². The van der Waals surface area contributed by atoms with Crippen LogP contribution in [0.1, 0.15) is 15.2 Å². The van der Waals surface area contributed by atoms with E-state index in [0.29, 0.717) is 0 Å². The highest BCUT2D eigenvalue weighted by atomic mass is 79.9. The molecule has 1 amide bonds. The van der Waals surface area contributed by atoms with Crippen LogP contribution in [0.4, 0.5) is 5.69 Å². The third-order valence-electron chi connectivity index (χ3n) is 2.18. The molecule has 0 fully saturated rings. The molecule has 0 spiro atoms. The van der Waals surface area contributed by atoms with Crippen molar-refractivity contribution in [1.29, 1.82) is 0 Å². The van der Waals surface area contributed by atoms with Gasteiger partial charge in [-0.25, -0.2) is 0 Å². The molecule has 82 valence electrons. The van der Waals surface area contributed by atoms with Crippen LogP contribution in [0.5, 0.6) is 0 Å². The van der Waals surface area contributed by atoms with Gasteiger partial charge in [-0.1, -0.05) is 22.0 Å². The molecule has 0 unspecified atom stereocenters. The normalized spacial score (nSPS) is 10.1. The van der Waals surface area contributed by atoms with Gasteiger partial charge in [0.15, 0.2) is 0 Å². The number of halogens is 1. The molecule has 16 heavy (non-hydrogen) atoms. The zero-order valence-electron chi connectivity index (χ0n) is 8.66. The molecule has 4 heteroatoms. The molecule has 0 aliphatic rings. The van der Waals surface area contributed by atoms with E-state index in [9.17, 15) is 4.79 Å². The van der Waals surface area contributed by atoms with Crippen LogP contribution >= 0.6 is 27.3 Å². The Bertz CT molecular complexity index is 508. The van der Waals surface area contributed by atoms with Crippen LogP contribution in [0.15, 0.2) is 40.2 Å². The number of thiophene rings is 1. The number of hydrogen-bond donors (Lipinski definition) is 1. The van der Waals surface area contributed by atoms with E-state index >= 15 is 0 Å². The number of carbonyl (C=O) groups is 1. The maximum atomic E-state index is 11.8. The van der Waals surface area contributed by atoms with Gasteiger partial charge in [0.1, 0.15) is 0 Å². The highest BCUT2D eigenvalue weighted by molar-refractivity contribution is 9.10. The molecule has 0 bridgehead atoms. The monoisotopic (exact) mass is 295 g/mol. The minimum Gasteiger partial charge on any atom is -0.321 e.